The van der Waals surface area contributed by atoms with Gasteiger partial charge in [-0.25, -0.2) is 9.71 Å². The lowest BCUT2D eigenvalue weighted by Gasteiger charge is -2.13. The summed E-state index contributed by atoms with van der Waals surface area (Å²) in [4.78, 5) is 8.41. The molecule has 3 aromatic rings. The van der Waals surface area contributed by atoms with Gasteiger partial charge in [-0.15, -0.1) is 11.6 Å². The van der Waals surface area contributed by atoms with Crippen LogP contribution in [0.25, 0.3) is 22.3 Å². The Balaban J connectivity index is 2.46. The summed E-state index contributed by atoms with van der Waals surface area (Å²) in [5.74, 6) is 0.169. The van der Waals surface area contributed by atoms with E-state index >= 15 is 0 Å². The summed E-state index contributed by atoms with van der Waals surface area (Å²) in [5.41, 5.74) is 1.78. The van der Waals surface area contributed by atoms with Gasteiger partial charge in [-0.05, 0) is 29.2 Å². The highest BCUT2D eigenvalue weighted by Crippen LogP contribution is 2.30. The fraction of sp³-hybridized carbons (Fsp3) is 0.0714. The third kappa shape index (κ3) is 2.50. The molecule has 0 amide bonds. The van der Waals surface area contributed by atoms with E-state index in [9.17, 15) is 5.21 Å². The van der Waals surface area contributed by atoms with Crippen LogP contribution in [-0.4, -0.2) is 9.97 Å². The zero-order valence-electron chi connectivity index (χ0n) is 10.6. The number of halogens is 3. The van der Waals surface area contributed by atoms with Gasteiger partial charge in [0.25, 0.3) is 0 Å². The maximum atomic E-state index is 12.5. The van der Waals surface area contributed by atoms with Gasteiger partial charge in [0.2, 0.25) is 5.52 Å². The van der Waals surface area contributed by atoms with Gasteiger partial charge in [0.05, 0.1) is 5.02 Å². The van der Waals surface area contributed by atoms with E-state index in [0.717, 1.165) is 0 Å². The maximum absolute atomic E-state index is 12.5. The summed E-state index contributed by atoms with van der Waals surface area (Å²) in [6.07, 6.45) is 0. The Kier molecular flexibility index (Phi) is 3.85. The number of aromatic nitrogens is 3. The molecule has 0 saturated carbocycles. The van der Waals surface area contributed by atoms with Crippen LogP contribution in [0.3, 0.4) is 0 Å². The van der Waals surface area contributed by atoms with Gasteiger partial charge < -0.3 is 5.21 Å². The van der Waals surface area contributed by atoms with Crippen LogP contribution >= 0.6 is 34.8 Å². The average molecular weight is 341 g/mol. The van der Waals surface area contributed by atoms with Crippen LogP contribution in [-0.2, 0) is 5.88 Å². The zero-order chi connectivity index (χ0) is 15.0. The molecule has 106 valence electrons. The maximum Gasteiger partial charge on any atom is 0.317 e. The molecule has 0 fully saturated rings. The molecule has 0 atom stereocenters. The SMILES string of the molecule is [O-][n+]1c(CCl)nc2ccc(Cl)nc2c1-c1ccccc1Cl. The Labute approximate surface area is 135 Å². The van der Waals surface area contributed by atoms with Crippen molar-refractivity contribution in [3.8, 4) is 11.3 Å². The minimum atomic E-state index is -0.0144. The van der Waals surface area contributed by atoms with Crippen molar-refractivity contribution in [3.63, 3.8) is 0 Å². The lowest BCUT2D eigenvalue weighted by atomic mass is 10.1. The number of hydrogen-bond acceptors (Lipinski definition) is 3. The van der Waals surface area contributed by atoms with Crippen molar-refractivity contribution in [2.45, 2.75) is 5.88 Å². The second-order valence-corrected chi connectivity index (χ2v) is 5.35. The molecule has 4 nitrogen and oxygen atoms in total. The Morgan fingerprint density at radius 1 is 1.05 bits per heavy atom. The molecule has 0 unspecified atom stereocenters. The molecular weight excluding hydrogens is 333 g/mol. The topological polar surface area (TPSA) is 52.7 Å². The molecule has 0 radical (unpaired) electrons. The number of nitrogens with zero attached hydrogens (tertiary/aromatic N) is 3. The van der Waals surface area contributed by atoms with Crippen LogP contribution in [0.15, 0.2) is 36.4 Å². The molecule has 0 aliphatic carbocycles. The third-order valence-corrected chi connectivity index (χ3v) is 3.78. The number of hydrogen-bond donors (Lipinski definition) is 0. The second kappa shape index (κ2) is 5.64. The molecule has 0 bridgehead atoms. The molecule has 0 aliphatic rings. The van der Waals surface area contributed by atoms with Crippen molar-refractivity contribution < 1.29 is 4.73 Å². The van der Waals surface area contributed by atoms with Crippen LogP contribution in [0.4, 0.5) is 0 Å². The van der Waals surface area contributed by atoms with Gasteiger partial charge >= 0.3 is 5.82 Å². The molecule has 0 spiro atoms. The van der Waals surface area contributed by atoms with E-state index in [1.54, 1.807) is 36.4 Å². The smallest absolute Gasteiger partial charge is 0.317 e. The lowest BCUT2D eigenvalue weighted by molar-refractivity contribution is -0.603. The van der Waals surface area contributed by atoms with Crippen molar-refractivity contribution >= 4 is 45.8 Å². The van der Waals surface area contributed by atoms with E-state index in [1.807, 2.05) is 0 Å². The van der Waals surface area contributed by atoms with Crippen LogP contribution in [0.2, 0.25) is 10.2 Å². The number of rotatable bonds is 2. The van der Waals surface area contributed by atoms with Gasteiger partial charge in [0.1, 0.15) is 11.0 Å². The minimum absolute atomic E-state index is 0.0144. The van der Waals surface area contributed by atoms with Crippen LogP contribution in [0, 0.1) is 5.21 Å². The standard InChI is InChI=1S/C14H8Cl3N3O/c15-7-12-18-10-5-6-11(17)19-13(10)14(20(12)21)8-3-1-2-4-9(8)16/h1-6H,7H2. The van der Waals surface area contributed by atoms with Crippen molar-refractivity contribution in [2.75, 3.05) is 0 Å². The summed E-state index contributed by atoms with van der Waals surface area (Å²) in [6, 6.07) is 10.3. The first-order valence-electron chi connectivity index (χ1n) is 6.01. The first-order chi connectivity index (χ1) is 10.1. The van der Waals surface area contributed by atoms with Gasteiger partial charge in [-0.2, -0.15) is 0 Å². The average Bonchev–Trinajstić information content (AvgIpc) is 2.48. The van der Waals surface area contributed by atoms with E-state index in [0.29, 0.717) is 32.0 Å². The molecule has 2 heterocycles. The van der Waals surface area contributed by atoms with Gasteiger partial charge in [-0.1, -0.05) is 35.3 Å². The highest BCUT2D eigenvalue weighted by atomic mass is 35.5. The van der Waals surface area contributed by atoms with Gasteiger partial charge in [0, 0.05) is 5.56 Å². The Morgan fingerprint density at radius 3 is 2.52 bits per heavy atom. The van der Waals surface area contributed by atoms with E-state index in [1.165, 1.54) is 0 Å². The Morgan fingerprint density at radius 2 is 1.81 bits per heavy atom. The Hall–Kier alpha value is -1.62. The molecule has 2 aromatic heterocycles. The van der Waals surface area contributed by atoms with E-state index in [4.69, 9.17) is 34.8 Å². The first kappa shape index (κ1) is 14.3. The summed E-state index contributed by atoms with van der Waals surface area (Å²) in [7, 11) is 0. The summed E-state index contributed by atoms with van der Waals surface area (Å²) in [5, 5.41) is 13.2. The van der Waals surface area contributed by atoms with Crippen molar-refractivity contribution in [1.29, 1.82) is 0 Å². The third-order valence-electron chi connectivity index (χ3n) is 3.00. The monoisotopic (exact) mass is 339 g/mol. The van der Waals surface area contributed by atoms with Crippen molar-refractivity contribution in [1.82, 2.24) is 9.97 Å². The number of pyridine rings is 1. The predicted molar refractivity (Wildman–Crippen MR) is 83.5 cm³/mol. The second-order valence-electron chi connectivity index (χ2n) is 4.29. The number of benzene rings is 1. The zero-order valence-corrected chi connectivity index (χ0v) is 12.8. The van der Waals surface area contributed by atoms with Crippen LogP contribution in [0.1, 0.15) is 5.82 Å². The van der Waals surface area contributed by atoms with Gasteiger partial charge in [-0.3, -0.25) is 0 Å². The largest absolute Gasteiger partial charge is 0.710 e. The fourth-order valence-corrected chi connectivity index (χ4v) is 2.62. The molecular formula is C14H8Cl3N3O. The van der Waals surface area contributed by atoms with Crippen molar-refractivity contribution in [2.24, 2.45) is 0 Å². The first-order valence-corrected chi connectivity index (χ1v) is 7.30. The van der Waals surface area contributed by atoms with E-state index in [-0.39, 0.29) is 16.9 Å². The minimum Gasteiger partial charge on any atom is -0.710 e. The van der Waals surface area contributed by atoms with Crippen LogP contribution < -0.4 is 4.73 Å². The van der Waals surface area contributed by atoms with E-state index in [2.05, 4.69) is 9.97 Å². The predicted octanol–water partition coefficient (Wildman–Crippen LogP) is 3.98. The molecule has 21 heavy (non-hydrogen) atoms. The Bertz CT molecular complexity index is 839. The number of fused-ring (bicyclic) bond motifs is 1. The normalized spacial score (nSPS) is 11.0. The fourth-order valence-electron chi connectivity index (χ4n) is 2.08. The van der Waals surface area contributed by atoms with Gasteiger partial charge in [0.15, 0.2) is 11.2 Å². The number of alkyl halides is 1. The van der Waals surface area contributed by atoms with E-state index < -0.39 is 0 Å². The highest BCUT2D eigenvalue weighted by Gasteiger charge is 2.22. The van der Waals surface area contributed by atoms with Crippen LogP contribution in [0.5, 0.6) is 0 Å². The molecule has 3 rings (SSSR count). The quantitative estimate of drug-likeness (QED) is 0.307. The lowest BCUT2D eigenvalue weighted by Crippen LogP contribution is -2.36. The molecule has 7 heteroatoms. The summed E-state index contributed by atoms with van der Waals surface area (Å²) < 4.78 is 0.653. The molecule has 0 aliphatic heterocycles. The highest BCUT2D eigenvalue weighted by molar-refractivity contribution is 6.33. The summed E-state index contributed by atoms with van der Waals surface area (Å²) in [6.45, 7) is 0. The molecule has 0 saturated heterocycles. The molecule has 0 N–H and O–H groups in total. The summed E-state index contributed by atoms with van der Waals surface area (Å²) >= 11 is 17.9. The molecule has 1 aromatic carbocycles. The van der Waals surface area contributed by atoms with Crippen molar-refractivity contribution in [3.05, 3.63) is 57.6 Å².